The maximum absolute atomic E-state index is 12.3. The molecule has 0 spiro atoms. The van der Waals surface area contributed by atoms with Crippen LogP contribution < -0.4 is 0 Å². The average Bonchev–Trinajstić information content (AvgIpc) is 1.99. The first-order chi connectivity index (χ1) is 5.15. The molecule has 0 aliphatic heterocycles. The highest BCUT2D eigenvalue weighted by Gasteiger charge is 2.16. The fourth-order valence-electron chi connectivity index (χ4n) is 0.580. The summed E-state index contributed by atoms with van der Waals surface area (Å²) < 4.78 is 46.7. The average molecular weight is 179 g/mol. The van der Waals surface area contributed by atoms with Crippen LogP contribution in [0.3, 0.4) is 0 Å². The van der Waals surface area contributed by atoms with Crippen molar-refractivity contribution in [3.8, 4) is 0 Å². The number of hydrogen-bond donors (Lipinski definition) is 0. The van der Waals surface area contributed by atoms with Crippen LogP contribution in [0, 0.1) is 17.5 Å². The fourth-order valence-corrected chi connectivity index (χ4v) is 0.884. The molecule has 0 aliphatic rings. The summed E-state index contributed by atoms with van der Waals surface area (Å²) in [5.41, 5.74) is 0. The van der Waals surface area contributed by atoms with E-state index >= 15 is 0 Å². The Balaban J connectivity index is 3.31. The van der Waals surface area contributed by atoms with E-state index < -0.39 is 17.5 Å². The zero-order valence-corrected chi connectivity index (χ0v) is 5.92. The Morgan fingerprint density at radius 2 is 1.55 bits per heavy atom. The molecule has 58 valence electrons. The van der Waals surface area contributed by atoms with E-state index in [1.54, 1.807) is 0 Å². The van der Waals surface area contributed by atoms with Crippen molar-refractivity contribution in [1.82, 2.24) is 0 Å². The Morgan fingerprint density at radius 1 is 1.09 bits per heavy atom. The molecular formula is C6H2F3OS+. The minimum absolute atomic E-state index is 0.0908. The van der Waals surface area contributed by atoms with Crippen molar-refractivity contribution in [3.63, 3.8) is 0 Å². The molecule has 0 atom stereocenters. The lowest BCUT2D eigenvalue weighted by atomic mass is 10.3. The van der Waals surface area contributed by atoms with Gasteiger partial charge >= 0.3 is 11.7 Å². The highest BCUT2D eigenvalue weighted by atomic mass is 32.1. The van der Waals surface area contributed by atoms with Crippen LogP contribution in [-0.4, -0.2) is 0 Å². The molecule has 0 aliphatic carbocycles. The quantitative estimate of drug-likeness (QED) is 0.475. The van der Waals surface area contributed by atoms with Gasteiger partial charge in [-0.25, -0.2) is 13.2 Å². The molecule has 0 N–H and O–H groups in total. The third-order valence-electron chi connectivity index (χ3n) is 1.05. The standard InChI is InChI=1S/C6H2F3OS/c7-4-1-3(11-10)2-5(8)6(4)9/h1-2H/q+1. The number of rotatable bonds is 1. The van der Waals surface area contributed by atoms with Gasteiger partial charge in [-0.15, -0.1) is 0 Å². The molecule has 0 saturated carbocycles. The zero-order chi connectivity index (χ0) is 8.43. The van der Waals surface area contributed by atoms with Crippen LogP contribution in [0.5, 0.6) is 0 Å². The lowest BCUT2D eigenvalue weighted by Crippen LogP contribution is -1.90. The van der Waals surface area contributed by atoms with Crippen molar-refractivity contribution in [2.24, 2.45) is 0 Å². The Kier molecular flexibility index (Phi) is 2.19. The van der Waals surface area contributed by atoms with Gasteiger partial charge in [-0.1, -0.05) is 0 Å². The molecular weight excluding hydrogens is 177 g/mol. The van der Waals surface area contributed by atoms with E-state index in [-0.39, 0.29) is 16.6 Å². The summed E-state index contributed by atoms with van der Waals surface area (Å²) in [5, 5.41) is 0. The van der Waals surface area contributed by atoms with E-state index in [0.29, 0.717) is 12.1 Å². The second kappa shape index (κ2) is 2.96. The van der Waals surface area contributed by atoms with Crippen molar-refractivity contribution in [2.75, 3.05) is 0 Å². The second-order valence-electron chi connectivity index (χ2n) is 1.78. The molecule has 1 nitrogen and oxygen atoms in total. The van der Waals surface area contributed by atoms with Gasteiger partial charge in [0, 0.05) is 16.3 Å². The topological polar surface area (TPSA) is 17.1 Å². The van der Waals surface area contributed by atoms with Gasteiger partial charge in [-0.3, -0.25) is 0 Å². The number of hydrogen-bond acceptors (Lipinski definition) is 1. The maximum Gasteiger partial charge on any atom is 0.505 e. The van der Waals surface area contributed by atoms with Crippen LogP contribution in [0.15, 0.2) is 17.0 Å². The van der Waals surface area contributed by atoms with Crippen LogP contribution in [-0.2, 0) is 15.9 Å². The second-order valence-corrected chi connectivity index (χ2v) is 2.42. The Hall–Kier alpha value is -0.970. The van der Waals surface area contributed by atoms with Crippen LogP contribution in [0.1, 0.15) is 0 Å². The molecule has 0 aromatic heterocycles. The van der Waals surface area contributed by atoms with Crippen LogP contribution in [0.4, 0.5) is 13.2 Å². The fraction of sp³-hybridized carbons (Fsp3) is 0. The van der Waals surface area contributed by atoms with E-state index in [1.165, 1.54) is 0 Å². The van der Waals surface area contributed by atoms with Crippen LogP contribution in [0.2, 0.25) is 0 Å². The summed E-state index contributed by atoms with van der Waals surface area (Å²) in [5.74, 6) is -4.24. The predicted octanol–water partition coefficient (Wildman–Crippen LogP) is 1.89. The van der Waals surface area contributed by atoms with E-state index in [2.05, 4.69) is 0 Å². The third-order valence-corrected chi connectivity index (χ3v) is 1.48. The first-order valence-electron chi connectivity index (χ1n) is 2.59. The molecule has 0 saturated heterocycles. The molecule has 1 rings (SSSR count). The van der Waals surface area contributed by atoms with E-state index in [4.69, 9.17) is 0 Å². The van der Waals surface area contributed by atoms with Crippen molar-refractivity contribution in [2.45, 2.75) is 4.90 Å². The summed E-state index contributed by atoms with van der Waals surface area (Å²) >= 11 is -0.0908. The molecule has 1 aromatic carbocycles. The Bertz CT molecular complexity index is 277. The van der Waals surface area contributed by atoms with Crippen LogP contribution >= 0.6 is 0 Å². The van der Waals surface area contributed by atoms with Crippen molar-refractivity contribution in [3.05, 3.63) is 29.6 Å². The van der Waals surface area contributed by atoms with E-state index in [1.807, 2.05) is 0 Å². The summed E-state index contributed by atoms with van der Waals surface area (Å²) in [6.45, 7) is 0. The van der Waals surface area contributed by atoms with Crippen molar-refractivity contribution < 1.29 is 17.4 Å². The van der Waals surface area contributed by atoms with Gasteiger partial charge in [-0.05, 0) is 0 Å². The molecule has 5 heteroatoms. The van der Waals surface area contributed by atoms with E-state index in [9.17, 15) is 17.4 Å². The first kappa shape index (κ1) is 8.13. The first-order valence-corrected chi connectivity index (χ1v) is 3.33. The van der Waals surface area contributed by atoms with Gasteiger partial charge in [0.15, 0.2) is 17.5 Å². The maximum atomic E-state index is 12.3. The van der Waals surface area contributed by atoms with Gasteiger partial charge in [0.2, 0.25) is 0 Å². The lowest BCUT2D eigenvalue weighted by Gasteiger charge is -1.89. The number of benzene rings is 1. The molecule has 11 heavy (non-hydrogen) atoms. The summed E-state index contributed by atoms with van der Waals surface area (Å²) in [7, 11) is 0. The normalized spacial score (nSPS) is 9.73. The SMILES string of the molecule is O=[S+]c1cc(F)c(F)c(F)c1. The minimum Gasteiger partial charge on any atom is -0.203 e. The highest BCUT2D eigenvalue weighted by molar-refractivity contribution is 7.65. The monoisotopic (exact) mass is 179 g/mol. The molecule has 1 aromatic rings. The Morgan fingerprint density at radius 3 is 1.91 bits per heavy atom. The molecule has 0 fully saturated rings. The minimum atomic E-state index is -1.55. The van der Waals surface area contributed by atoms with Gasteiger partial charge in [0.25, 0.3) is 4.90 Å². The molecule has 0 bridgehead atoms. The van der Waals surface area contributed by atoms with Crippen molar-refractivity contribution >= 4 is 11.7 Å². The Labute approximate surface area is 64.3 Å². The van der Waals surface area contributed by atoms with Gasteiger partial charge in [-0.2, -0.15) is 0 Å². The van der Waals surface area contributed by atoms with Gasteiger partial charge in [0.1, 0.15) is 0 Å². The summed E-state index contributed by atoms with van der Waals surface area (Å²) in [4.78, 5) is -0.179. The predicted molar refractivity (Wildman–Crippen MR) is 32.6 cm³/mol. The largest absolute Gasteiger partial charge is 0.505 e. The molecule has 0 unspecified atom stereocenters. The number of halogens is 3. The highest BCUT2D eigenvalue weighted by Crippen LogP contribution is 2.13. The summed E-state index contributed by atoms with van der Waals surface area (Å²) in [6, 6.07) is 1.30. The summed E-state index contributed by atoms with van der Waals surface area (Å²) in [6.07, 6.45) is 0. The lowest BCUT2D eigenvalue weighted by molar-refractivity contribution is 0.443. The molecule has 0 amide bonds. The van der Waals surface area contributed by atoms with Crippen molar-refractivity contribution in [1.29, 1.82) is 0 Å². The molecule has 0 heterocycles. The zero-order valence-electron chi connectivity index (χ0n) is 5.11. The molecule has 0 radical (unpaired) electrons. The smallest absolute Gasteiger partial charge is 0.203 e. The van der Waals surface area contributed by atoms with Crippen LogP contribution in [0.25, 0.3) is 0 Å². The third kappa shape index (κ3) is 1.54. The van der Waals surface area contributed by atoms with Gasteiger partial charge in [0.05, 0.1) is 0 Å². The van der Waals surface area contributed by atoms with E-state index in [0.717, 1.165) is 0 Å². The van der Waals surface area contributed by atoms with Gasteiger partial charge < -0.3 is 0 Å².